The molecule has 2 rings (SSSR count). The summed E-state index contributed by atoms with van der Waals surface area (Å²) in [6.07, 6.45) is 6.01. The predicted molar refractivity (Wildman–Crippen MR) is 36.0 cm³/mol. The molecule has 0 saturated carbocycles. The van der Waals surface area contributed by atoms with Crippen molar-refractivity contribution in [3.8, 4) is 0 Å². The van der Waals surface area contributed by atoms with Crippen LogP contribution in [-0.4, -0.2) is 6.61 Å². The lowest BCUT2D eigenvalue weighted by Crippen LogP contribution is -2.08. The zero-order valence-electron chi connectivity index (χ0n) is 5.81. The first-order valence-corrected chi connectivity index (χ1v) is 3.65. The van der Waals surface area contributed by atoms with Gasteiger partial charge in [0.05, 0.1) is 12.4 Å². The Morgan fingerprint density at radius 2 is 2.44 bits per heavy atom. The second-order valence-corrected chi connectivity index (χ2v) is 3.27. The SMILES string of the molecule is CC12CCC=C1OCC2. The van der Waals surface area contributed by atoms with E-state index in [1.54, 1.807) is 0 Å². The van der Waals surface area contributed by atoms with E-state index in [2.05, 4.69) is 13.0 Å². The molecule has 0 radical (unpaired) electrons. The number of hydrogen-bond acceptors (Lipinski definition) is 1. The van der Waals surface area contributed by atoms with Crippen molar-refractivity contribution >= 4 is 0 Å². The largest absolute Gasteiger partial charge is 0.498 e. The maximum absolute atomic E-state index is 5.44. The minimum absolute atomic E-state index is 0.444. The Morgan fingerprint density at radius 1 is 1.56 bits per heavy atom. The fraction of sp³-hybridized carbons (Fsp3) is 0.750. The third kappa shape index (κ3) is 0.606. The second-order valence-electron chi connectivity index (χ2n) is 3.27. The molecule has 0 spiro atoms. The van der Waals surface area contributed by atoms with Crippen molar-refractivity contribution in [2.24, 2.45) is 5.41 Å². The highest BCUT2D eigenvalue weighted by atomic mass is 16.5. The van der Waals surface area contributed by atoms with E-state index < -0.39 is 0 Å². The molecule has 1 heterocycles. The van der Waals surface area contributed by atoms with Crippen LogP contribution in [0.15, 0.2) is 11.8 Å². The quantitative estimate of drug-likeness (QED) is 0.480. The summed E-state index contributed by atoms with van der Waals surface area (Å²) in [6, 6.07) is 0. The fourth-order valence-electron chi connectivity index (χ4n) is 1.76. The molecule has 1 fully saturated rings. The average molecular weight is 124 g/mol. The Morgan fingerprint density at radius 3 is 3.22 bits per heavy atom. The lowest BCUT2D eigenvalue weighted by Gasteiger charge is -2.15. The molecule has 1 unspecified atom stereocenters. The van der Waals surface area contributed by atoms with Crippen molar-refractivity contribution < 1.29 is 4.74 Å². The molecule has 1 saturated heterocycles. The van der Waals surface area contributed by atoms with E-state index in [9.17, 15) is 0 Å². The van der Waals surface area contributed by atoms with Gasteiger partial charge < -0.3 is 4.74 Å². The molecule has 0 N–H and O–H groups in total. The van der Waals surface area contributed by atoms with Crippen LogP contribution in [0.2, 0.25) is 0 Å². The van der Waals surface area contributed by atoms with Gasteiger partial charge in [0.25, 0.3) is 0 Å². The van der Waals surface area contributed by atoms with E-state index in [4.69, 9.17) is 4.74 Å². The second kappa shape index (κ2) is 1.53. The van der Waals surface area contributed by atoms with Crippen LogP contribution in [0, 0.1) is 5.41 Å². The Bertz CT molecular complexity index is 160. The standard InChI is InChI=1S/C8H12O/c1-8-4-2-3-7(8)9-6-5-8/h3H,2,4-6H2,1H3. The summed E-state index contributed by atoms with van der Waals surface area (Å²) >= 11 is 0. The molecule has 1 heteroatoms. The Balaban J connectivity index is 2.31. The average Bonchev–Trinajstić information content (AvgIpc) is 2.22. The van der Waals surface area contributed by atoms with Crippen LogP contribution < -0.4 is 0 Å². The molecule has 0 bridgehead atoms. The number of ether oxygens (including phenoxy) is 1. The van der Waals surface area contributed by atoms with Gasteiger partial charge in [-0.05, 0) is 25.3 Å². The van der Waals surface area contributed by atoms with Gasteiger partial charge in [0.1, 0.15) is 0 Å². The zero-order valence-corrected chi connectivity index (χ0v) is 5.81. The maximum Gasteiger partial charge on any atom is 0.0980 e. The van der Waals surface area contributed by atoms with Crippen molar-refractivity contribution in [2.45, 2.75) is 26.2 Å². The van der Waals surface area contributed by atoms with E-state index >= 15 is 0 Å². The topological polar surface area (TPSA) is 9.23 Å². The van der Waals surface area contributed by atoms with Crippen LogP contribution >= 0.6 is 0 Å². The van der Waals surface area contributed by atoms with Gasteiger partial charge in [0.15, 0.2) is 0 Å². The molecule has 0 aromatic heterocycles. The smallest absolute Gasteiger partial charge is 0.0980 e. The molecule has 0 aromatic carbocycles. The van der Waals surface area contributed by atoms with E-state index in [-0.39, 0.29) is 0 Å². The summed E-state index contributed by atoms with van der Waals surface area (Å²) in [4.78, 5) is 0. The van der Waals surface area contributed by atoms with Crippen LogP contribution in [0.1, 0.15) is 26.2 Å². The summed E-state index contributed by atoms with van der Waals surface area (Å²) in [5.74, 6) is 1.27. The van der Waals surface area contributed by atoms with Crippen LogP contribution in [0.3, 0.4) is 0 Å². The van der Waals surface area contributed by atoms with E-state index in [1.165, 1.54) is 25.0 Å². The highest BCUT2D eigenvalue weighted by molar-refractivity contribution is 5.15. The highest BCUT2D eigenvalue weighted by Gasteiger charge is 2.38. The lowest BCUT2D eigenvalue weighted by molar-refractivity contribution is 0.252. The van der Waals surface area contributed by atoms with E-state index in [0.29, 0.717) is 5.41 Å². The van der Waals surface area contributed by atoms with Gasteiger partial charge >= 0.3 is 0 Å². The first-order chi connectivity index (χ1) is 4.31. The van der Waals surface area contributed by atoms with E-state index in [1.807, 2.05) is 0 Å². The minimum atomic E-state index is 0.444. The summed E-state index contributed by atoms with van der Waals surface area (Å²) in [5.41, 5.74) is 0.444. The summed E-state index contributed by atoms with van der Waals surface area (Å²) in [6.45, 7) is 3.25. The van der Waals surface area contributed by atoms with Crippen molar-refractivity contribution in [3.63, 3.8) is 0 Å². The first kappa shape index (κ1) is 5.33. The molecule has 0 aromatic rings. The van der Waals surface area contributed by atoms with Gasteiger partial charge in [0.2, 0.25) is 0 Å². The summed E-state index contributed by atoms with van der Waals surface area (Å²) in [5, 5.41) is 0. The van der Waals surface area contributed by atoms with Crippen LogP contribution in [0.25, 0.3) is 0 Å². The fourth-order valence-corrected chi connectivity index (χ4v) is 1.76. The van der Waals surface area contributed by atoms with Crippen molar-refractivity contribution in [1.29, 1.82) is 0 Å². The van der Waals surface area contributed by atoms with Gasteiger partial charge in [-0.1, -0.05) is 6.92 Å². The first-order valence-electron chi connectivity index (χ1n) is 3.65. The van der Waals surface area contributed by atoms with E-state index in [0.717, 1.165) is 6.61 Å². The Hall–Kier alpha value is -0.460. The molecule has 0 amide bonds. The molecule has 1 aliphatic heterocycles. The summed E-state index contributed by atoms with van der Waals surface area (Å²) < 4.78 is 5.44. The zero-order chi connectivity index (χ0) is 6.32. The molecule has 9 heavy (non-hydrogen) atoms. The molecule has 1 atom stereocenters. The van der Waals surface area contributed by atoms with Gasteiger partial charge in [-0.25, -0.2) is 0 Å². The number of fused-ring (bicyclic) bond motifs is 1. The van der Waals surface area contributed by atoms with Crippen LogP contribution in [-0.2, 0) is 4.74 Å². The van der Waals surface area contributed by atoms with Crippen molar-refractivity contribution in [3.05, 3.63) is 11.8 Å². The van der Waals surface area contributed by atoms with Gasteiger partial charge in [-0.15, -0.1) is 0 Å². The van der Waals surface area contributed by atoms with Crippen LogP contribution in [0.4, 0.5) is 0 Å². The molecular weight excluding hydrogens is 112 g/mol. The van der Waals surface area contributed by atoms with Crippen LogP contribution in [0.5, 0.6) is 0 Å². The predicted octanol–water partition coefficient (Wildman–Crippen LogP) is 2.09. The molecule has 1 nitrogen and oxygen atoms in total. The number of allylic oxidation sites excluding steroid dienone is 2. The Kier molecular flexibility index (Phi) is 0.904. The third-order valence-electron chi connectivity index (χ3n) is 2.53. The maximum atomic E-state index is 5.44. The lowest BCUT2D eigenvalue weighted by atomic mass is 9.87. The van der Waals surface area contributed by atoms with Gasteiger partial charge in [-0.3, -0.25) is 0 Å². The molecular formula is C8H12O. The minimum Gasteiger partial charge on any atom is -0.498 e. The monoisotopic (exact) mass is 124 g/mol. The number of hydrogen-bond donors (Lipinski definition) is 0. The van der Waals surface area contributed by atoms with Crippen molar-refractivity contribution in [1.82, 2.24) is 0 Å². The van der Waals surface area contributed by atoms with Gasteiger partial charge in [0, 0.05) is 5.41 Å². The molecule has 1 aliphatic carbocycles. The molecule has 2 aliphatic rings. The highest BCUT2D eigenvalue weighted by Crippen LogP contribution is 2.46. The van der Waals surface area contributed by atoms with Crippen molar-refractivity contribution in [2.75, 3.05) is 6.61 Å². The Labute approximate surface area is 55.7 Å². The normalized spacial score (nSPS) is 39.9. The molecule has 50 valence electrons. The van der Waals surface area contributed by atoms with Gasteiger partial charge in [-0.2, -0.15) is 0 Å². The number of rotatable bonds is 0. The third-order valence-corrected chi connectivity index (χ3v) is 2.53. The summed E-state index contributed by atoms with van der Waals surface area (Å²) in [7, 11) is 0.